The molecule has 0 spiro atoms. The van der Waals surface area contributed by atoms with Gasteiger partial charge in [-0.1, -0.05) is 0 Å². The summed E-state index contributed by atoms with van der Waals surface area (Å²) in [7, 11) is 6.15. The van der Waals surface area contributed by atoms with Gasteiger partial charge in [-0.05, 0) is 0 Å². The monoisotopic (exact) mass is 396 g/mol. The van der Waals surface area contributed by atoms with Crippen molar-refractivity contribution in [3.8, 4) is 0 Å². The van der Waals surface area contributed by atoms with Gasteiger partial charge in [0, 0.05) is 0 Å². The van der Waals surface area contributed by atoms with E-state index in [9.17, 15) is 0 Å². The Hall–Kier alpha value is -0.0149. The van der Waals surface area contributed by atoms with Crippen LogP contribution in [0, 0.1) is 0 Å². The van der Waals surface area contributed by atoms with Gasteiger partial charge in [0.15, 0.2) is 0 Å². The van der Waals surface area contributed by atoms with Crippen LogP contribution in [0.3, 0.4) is 0 Å². The van der Waals surface area contributed by atoms with Crippen LogP contribution in [0.2, 0.25) is 0 Å². The first-order valence-electron chi connectivity index (χ1n) is 4.92. The molecule has 2 aromatic rings. The Morgan fingerprint density at radius 3 is 2.86 bits per heavy atom. The van der Waals surface area contributed by atoms with Crippen LogP contribution in [0.4, 0.5) is 0 Å². The Bertz CT molecular complexity index is 436. The molecule has 3 heteroatoms. The van der Waals surface area contributed by atoms with Gasteiger partial charge in [0.2, 0.25) is 0 Å². The third-order valence-electron chi connectivity index (χ3n) is 2.39. The van der Waals surface area contributed by atoms with Crippen LogP contribution in [0.5, 0.6) is 0 Å². The van der Waals surface area contributed by atoms with Crippen molar-refractivity contribution in [3.63, 3.8) is 0 Å². The zero-order chi connectivity index (χ0) is 9.97. The molecule has 0 bridgehead atoms. The number of benzene rings is 1. The van der Waals surface area contributed by atoms with Crippen LogP contribution >= 0.6 is 8.25 Å². The van der Waals surface area contributed by atoms with Gasteiger partial charge < -0.3 is 0 Å². The van der Waals surface area contributed by atoms with Crippen molar-refractivity contribution in [1.82, 2.24) is 0 Å². The van der Waals surface area contributed by atoms with Crippen molar-refractivity contribution in [2.45, 2.75) is 19.8 Å². The third-order valence-corrected chi connectivity index (χ3v) is 8.79. The van der Waals surface area contributed by atoms with E-state index in [1.165, 1.54) is 8.46 Å². The Morgan fingerprint density at radius 1 is 1.36 bits per heavy atom. The minimum atomic E-state index is -1.38. The standard InChI is InChI=1S/C11H11O.ClH.Hg/c1-2-5-10-8-9-6-3-4-7-11(9)12-10;;/h3-4,6-7H,2,5H2,1H3;1H;/q;;+1/p-1. The molecule has 14 heavy (non-hydrogen) atoms. The fourth-order valence-corrected chi connectivity index (χ4v) is 7.54. The average molecular weight is 395 g/mol. The van der Waals surface area contributed by atoms with Crippen LogP contribution in [-0.2, 0) is 29.8 Å². The Kier molecular flexibility index (Phi) is 3.50. The predicted molar refractivity (Wildman–Crippen MR) is 55.7 cm³/mol. The predicted octanol–water partition coefficient (Wildman–Crippen LogP) is 3.25. The fourth-order valence-electron chi connectivity index (χ4n) is 1.72. The van der Waals surface area contributed by atoms with Gasteiger partial charge in [-0.15, -0.1) is 0 Å². The summed E-state index contributed by atoms with van der Waals surface area (Å²) in [6.07, 6.45) is 2.15. The Labute approximate surface area is 99.3 Å². The number of halogens is 1. The van der Waals surface area contributed by atoms with Crippen LogP contribution in [0.1, 0.15) is 19.1 Å². The number of furan rings is 1. The summed E-state index contributed by atoms with van der Waals surface area (Å²) in [4.78, 5) is 0. The van der Waals surface area contributed by atoms with Gasteiger partial charge in [0.1, 0.15) is 0 Å². The number of hydrogen-bond acceptors (Lipinski definition) is 1. The topological polar surface area (TPSA) is 13.1 Å². The minimum absolute atomic E-state index is 1.01. The second kappa shape index (κ2) is 4.67. The maximum atomic E-state index is 6.15. The number of aryl methyl sites for hydroxylation is 1. The van der Waals surface area contributed by atoms with E-state index >= 15 is 0 Å². The molecule has 0 aliphatic carbocycles. The van der Waals surface area contributed by atoms with E-state index in [1.54, 1.807) is 0 Å². The molecule has 0 aliphatic rings. The molecular weight excluding hydrogens is 384 g/mol. The fraction of sp³-hybridized carbons (Fsp3) is 0.273. The first-order valence-corrected chi connectivity index (χ1v) is 14.4. The summed E-state index contributed by atoms with van der Waals surface area (Å²) in [6.45, 7) is 2.17. The van der Waals surface area contributed by atoms with Crippen molar-refractivity contribution in [2.75, 3.05) is 0 Å². The van der Waals surface area contributed by atoms with E-state index in [2.05, 4.69) is 19.1 Å². The molecule has 0 fully saturated rings. The molecular formula is C11H11ClHgO. The molecule has 0 amide bonds. The molecule has 0 atom stereocenters. The molecule has 0 radical (unpaired) electrons. The van der Waals surface area contributed by atoms with Crippen LogP contribution < -0.4 is 3.07 Å². The maximum absolute atomic E-state index is 6.15. The van der Waals surface area contributed by atoms with Gasteiger partial charge in [0.25, 0.3) is 0 Å². The molecule has 0 N–H and O–H groups in total. The van der Waals surface area contributed by atoms with Crippen molar-refractivity contribution >= 4 is 22.3 Å². The Morgan fingerprint density at radius 2 is 2.14 bits per heavy atom. The third kappa shape index (κ3) is 1.85. The molecule has 0 unspecified atom stereocenters. The molecule has 1 heterocycles. The SMILES string of the molecule is CCCc1oc2ccccc2[c]1[Hg][Cl]. The number of para-hydroxylation sites is 1. The van der Waals surface area contributed by atoms with Crippen molar-refractivity contribution in [2.24, 2.45) is 0 Å². The van der Waals surface area contributed by atoms with Gasteiger partial charge in [-0.3, -0.25) is 0 Å². The second-order valence-corrected chi connectivity index (χ2v) is 9.52. The van der Waals surface area contributed by atoms with Crippen molar-refractivity contribution in [3.05, 3.63) is 30.0 Å². The zero-order valence-electron chi connectivity index (χ0n) is 8.22. The Balaban J connectivity index is 2.60. The van der Waals surface area contributed by atoms with E-state index in [1.807, 2.05) is 12.1 Å². The van der Waals surface area contributed by atoms with Crippen LogP contribution in [-0.4, -0.2) is 0 Å². The summed E-state index contributed by atoms with van der Waals surface area (Å²) < 4.78 is 7.18. The number of hydrogen-bond donors (Lipinski definition) is 0. The van der Waals surface area contributed by atoms with E-state index in [-0.39, 0.29) is 0 Å². The van der Waals surface area contributed by atoms with Crippen molar-refractivity contribution < 1.29 is 27.8 Å². The van der Waals surface area contributed by atoms with E-state index < -0.39 is 23.3 Å². The van der Waals surface area contributed by atoms with Gasteiger partial charge in [-0.2, -0.15) is 0 Å². The molecule has 1 nitrogen and oxygen atoms in total. The number of fused-ring (bicyclic) bond motifs is 1. The molecule has 2 rings (SSSR count). The van der Waals surface area contributed by atoms with E-state index in [0.29, 0.717) is 0 Å². The summed E-state index contributed by atoms with van der Waals surface area (Å²) >= 11 is -1.38. The molecule has 0 aliphatic heterocycles. The first kappa shape index (κ1) is 10.5. The molecule has 0 saturated carbocycles. The molecule has 70 valence electrons. The van der Waals surface area contributed by atoms with Crippen LogP contribution in [0.15, 0.2) is 28.7 Å². The normalized spacial score (nSPS) is 10.4. The van der Waals surface area contributed by atoms with E-state index in [4.69, 9.17) is 12.7 Å². The van der Waals surface area contributed by atoms with Gasteiger partial charge >= 0.3 is 99.8 Å². The molecule has 1 aromatic heterocycles. The molecule has 1 aromatic carbocycles. The zero-order valence-corrected chi connectivity index (χ0v) is 14.5. The van der Waals surface area contributed by atoms with Gasteiger partial charge in [0.05, 0.1) is 0 Å². The van der Waals surface area contributed by atoms with Crippen LogP contribution in [0.25, 0.3) is 11.0 Å². The summed E-state index contributed by atoms with van der Waals surface area (Å²) in [5.41, 5.74) is 1.01. The van der Waals surface area contributed by atoms with Gasteiger partial charge in [-0.25, -0.2) is 0 Å². The first-order chi connectivity index (χ1) is 6.86. The quantitative estimate of drug-likeness (QED) is 0.728. The summed E-state index contributed by atoms with van der Waals surface area (Å²) in [5.74, 6) is 1.14. The van der Waals surface area contributed by atoms with E-state index in [0.717, 1.165) is 24.2 Å². The summed E-state index contributed by atoms with van der Waals surface area (Å²) in [6, 6.07) is 8.21. The average Bonchev–Trinajstić information content (AvgIpc) is 2.55. The molecule has 0 saturated heterocycles. The number of rotatable bonds is 3. The summed E-state index contributed by atoms with van der Waals surface area (Å²) in [5, 5.41) is 1.26. The van der Waals surface area contributed by atoms with Crippen molar-refractivity contribution in [1.29, 1.82) is 0 Å². The second-order valence-electron chi connectivity index (χ2n) is 3.38.